The SMILES string of the molecule is CCCOCCCNc1ccc(C)c(N)c1. The first-order chi connectivity index (χ1) is 7.74. The van der Waals surface area contributed by atoms with Crippen LogP contribution in [0.4, 0.5) is 11.4 Å². The third-order valence-corrected chi connectivity index (χ3v) is 2.42. The van der Waals surface area contributed by atoms with Crippen molar-refractivity contribution in [3.05, 3.63) is 23.8 Å². The molecule has 0 bridgehead atoms. The summed E-state index contributed by atoms with van der Waals surface area (Å²) in [6.45, 7) is 6.73. The van der Waals surface area contributed by atoms with Crippen molar-refractivity contribution in [3.63, 3.8) is 0 Å². The summed E-state index contributed by atoms with van der Waals surface area (Å²) in [5, 5.41) is 3.33. The van der Waals surface area contributed by atoms with E-state index in [0.717, 1.165) is 49.5 Å². The van der Waals surface area contributed by atoms with Crippen LogP contribution < -0.4 is 11.1 Å². The van der Waals surface area contributed by atoms with E-state index < -0.39 is 0 Å². The highest BCUT2D eigenvalue weighted by atomic mass is 16.5. The van der Waals surface area contributed by atoms with E-state index in [1.54, 1.807) is 0 Å². The lowest BCUT2D eigenvalue weighted by molar-refractivity contribution is 0.134. The van der Waals surface area contributed by atoms with Crippen LogP contribution in [0.1, 0.15) is 25.3 Å². The van der Waals surface area contributed by atoms with Gasteiger partial charge in [-0.05, 0) is 37.5 Å². The van der Waals surface area contributed by atoms with E-state index in [-0.39, 0.29) is 0 Å². The highest BCUT2D eigenvalue weighted by molar-refractivity contribution is 5.58. The van der Waals surface area contributed by atoms with E-state index in [4.69, 9.17) is 10.5 Å². The standard InChI is InChI=1S/C13H22N2O/c1-3-8-16-9-4-7-15-12-6-5-11(2)13(14)10-12/h5-6,10,15H,3-4,7-9,14H2,1-2H3. The molecular weight excluding hydrogens is 200 g/mol. The first-order valence-corrected chi connectivity index (χ1v) is 5.91. The Morgan fingerprint density at radius 3 is 2.81 bits per heavy atom. The van der Waals surface area contributed by atoms with Crippen molar-refractivity contribution >= 4 is 11.4 Å². The summed E-state index contributed by atoms with van der Waals surface area (Å²) in [6.07, 6.45) is 2.11. The van der Waals surface area contributed by atoms with E-state index in [9.17, 15) is 0 Å². The predicted octanol–water partition coefficient (Wildman–Crippen LogP) is 2.81. The second-order valence-corrected chi connectivity index (χ2v) is 3.96. The molecule has 0 spiro atoms. The van der Waals surface area contributed by atoms with Crippen LogP contribution in [0, 0.1) is 6.92 Å². The minimum atomic E-state index is 0.822. The van der Waals surface area contributed by atoms with Crippen molar-refractivity contribution in [2.75, 3.05) is 30.8 Å². The van der Waals surface area contributed by atoms with Crippen LogP contribution in [-0.2, 0) is 4.74 Å². The van der Waals surface area contributed by atoms with Crippen molar-refractivity contribution in [2.45, 2.75) is 26.7 Å². The van der Waals surface area contributed by atoms with Crippen molar-refractivity contribution in [2.24, 2.45) is 0 Å². The van der Waals surface area contributed by atoms with Gasteiger partial charge in [0.1, 0.15) is 0 Å². The van der Waals surface area contributed by atoms with Gasteiger partial charge in [0.2, 0.25) is 0 Å². The van der Waals surface area contributed by atoms with Crippen molar-refractivity contribution in [1.29, 1.82) is 0 Å². The molecule has 0 fully saturated rings. The van der Waals surface area contributed by atoms with Crippen LogP contribution in [0.25, 0.3) is 0 Å². The maximum Gasteiger partial charge on any atom is 0.0482 e. The number of anilines is 2. The number of nitrogens with one attached hydrogen (secondary N) is 1. The third-order valence-electron chi connectivity index (χ3n) is 2.42. The van der Waals surface area contributed by atoms with Crippen LogP contribution in [0.2, 0.25) is 0 Å². The Labute approximate surface area is 98.0 Å². The number of hydrogen-bond donors (Lipinski definition) is 2. The number of hydrogen-bond acceptors (Lipinski definition) is 3. The molecule has 0 aromatic heterocycles. The molecular formula is C13H22N2O. The smallest absolute Gasteiger partial charge is 0.0482 e. The molecule has 3 N–H and O–H groups in total. The van der Waals surface area contributed by atoms with E-state index >= 15 is 0 Å². The monoisotopic (exact) mass is 222 g/mol. The molecule has 0 amide bonds. The summed E-state index contributed by atoms with van der Waals surface area (Å²) in [5.41, 5.74) is 8.87. The van der Waals surface area contributed by atoms with E-state index in [1.165, 1.54) is 0 Å². The van der Waals surface area contributed by atoms with Gasteiger partial charge in [-0.1, -0.05) is 13.0 Å². The molecule has 16 heavy (non-hydrogen) atoms. The molecule has 1 aromatic rings. The van der Waals surface area contributed by atoms with Crippen molar-refractivity contribution in [1.82, 2.24) is 0 Å². The first-order valence-electron chi connectivity index (χ1n) is 5.91. The number of ether oxygens (including phenoxy) is 1. The van der Waals surface area contributed by atoms with Crippen molar-refractivity contribution < 1.29 is 4.74 Å². The summed E-state index contributed by atoms with van der Waals surface area (Å²) in [6, 6.07) is 6.06. The highest BCUT2D eigenvalue weighted by Gasteiger charge is 1.96. The Morgan fingerprint density at radius 2 is 2.12 bits per heavy atom. The number of rotatable bonds is 7. The van der Waals surface area contributed by atoms with E-state index in [1.807, 2.05) is 19.1 Å². The lowest BCUT2D eigenvalue weighted by Gasteiger charge is -2.08. The zero-order chi connectivity index (χ0) is 11.8. The maximum absolute atomic E-state index is 5.83. The lowest BCUT2D eigenvalue weighted by atomic mass is 10.2. The van der Waals surface area contributed by atoms with Gasteiger partial charge < -0.3 is 15.8 Å². The second kappa shape index (κ2) is 7.12. The average molecular weight is 222 g/mol. The fraction of sp³-hybridized carbons (Fsp3) is 0.538. The Hall–Kier alpha value is -1.22. The molecule has 0 atom stereocenters. The van der Waals surface area contributed by atoms with Gasteiger partial charge in [0.15, 0.2) is 0 Å². The van der Waals surface area contributed by atoms with Gasteiger partial charge in [-0.15, -0.1) is 0 Å². The van der Waals surface area contributed by atoms with Gasteiger partial charge in [0, 0.05) is 31.1 Å². The molecule has 0 saturated heterocycles. The molecule has 90 valence electrons. The van der Waals surface area contributed by atoms with Crippen LogP contribution in [0.15, 0.2) is 18.2 Å². The van der Waals surface area contributed by atoms with Gasteiger partial charge in [-0.3, -0.25) is 0 Å². The molecule has 0 aliphatic rings. The van der Waals surface area contributed by atoms with Gasteiger partial charge in [-0.2, -0.15) is 0 Å². The van der Waals surface area contributed by atoms with Crippen LogP contribution in [-0.4, -0.2) is 19.8 Å². The van der Waals surface area contributed by atoms with E-state index in [2.05, 4.69) is 18.3 Å². The molecule has 1 aromatic carbocycles. The topological polar surface area (TPSA) is 47.3 Å². The quantitative estimate of drug-likeness (QED) is 0.551. The number of nitrogens with two attached hydrogens (primary N) is 1. The fourth-order valence-electron chi connectivity index (χ4n) is 1.40. The van der Waals surface area contributed by atoms with Gasteiger partial charge in [0.05, 0.1) is 0 Å². The molecule has 0 unspecified atom stereocenters. The Morgan fingerprint density at radius 1 is 1.31 bits per heavy atom. The zero-order valence-electron chi connectivity index (χ0n) is 10.3. The largest absolute Gasteiger partial charge is 0.398 e. The Kier molecular flexibility index (Phi) is 5.72. The highest BCUT2D eigenvalue weighted by Crippen LogP contribution is 2.16. The molecule has 0 saturated carbocycles. The average Bonchev–Trinajstić information content (AvgIpc) is 2.28. The first kappa shape index (κ1) is 12.8. The molecule has 0 radical (unpaired) electrons. The van der Waals surface area contributed by atoms with Gasteiger partial charge >= 0.3 is 0 Å². The number of aryl methyl sites for hydroxylation is 1. The molecule has 1 rings (SSSR count). The zero-order valence-corrected chi connectivity index (χ0v) is 10.3. The number of nitrogen functional groups attached to an aromatic ring is 1. The fourth-order valence-corrected chi connectivity index (χ4v) is 1.40. The van der Waals surface area contributed by atoms with Crippen molar-refractivity contribution in [3.8, 4) is 0 Å². The lowest BCUT2D eigenvalue weighted by Crippen LogP contribution is -2.06. The Balaban J connectivity index is 2.19. The van der Waals surface area contributed by atoms with Gasteiger partial charge in [0.25, 0.3) is 0 Å². The summed E-state index contributed by atoms with van der Waals surface area (Å²) in [5.74, 6) is 0. The van der Waals surface area contributed by atoms with Crippen LogP contribution in [0.3, 0.4) is 0 Å². The predicted molar refractivity (Wildman–Crippen MR) is 69.8 cm³/mol. The number of benzene rings is 1. The normalized spacial score (nSPS) is 10.4. The van der Waals surface area contributed by atoms with Crippen LogP contribution >= 0.6 is 0 Å². The molecule has 0 aliphatic heterocycles. The molecule has 0 aliphatic carbocycles. The summed E-state index contributed by atoms with van der Waals surface area (Å²) >= 11 is 0. The molecule has 3 heteroatoms. The summed E-state index contributed by atoms with van der Waals surface area (Å²) in [7, 11) is 0. The van der Waals surface area contributed by atoms with Gasteiger partial charge in [-0.25, -0.2) is 0 Å². The summed E-state index contributed by atoms with van der Waals surface area (Å²) in [4.78, 5) is 0. The van der Waals surface area contributed by atoms with Crippen LogP contribution in [0.5, 0.6) is 0 Å². The second-order valence-electron chi connectivity index (χ2n) is 3.96. The maximum atomic E-state index is 5.83. The van der Waals surface area contributed by atoms with E-state index in [0.29, 0.717) is 0 Å². The third kappa shape index (κ3) is 4.53. The minimum Gasteiger partial charge on any atom is -0.398 e. The molecule has 0 heterocycles. The molecule has 3 nitrogen and oxygen atoms in total. The minimum absolute atomic E-state index is 0.822. The Bertz CT molecular complexity index is 313. The summed E-state index contributed by atoms with van der Waals surface area (Å²) < 4.78 is 5.40.